The molecule has 2 aromatic carbocycles. The normalized spacial score (nSPS) is 20.9. The number of benzene rings is 2. The molecule has 0 radical (unpaired) electrons. The monoisotopic (exact) mass is 376 g/mol. The molecular formula is C26H32O2. The predicted octanol–water partition coefficient (Wildman–Crippen LogP) is 6.64. The molecular weight excluding hydrogens is 344 g/mol. The Morgan fingerprint density at radius 3 is 2.32 bits per heavy atom. The Kier molecular flexibility index (Phi) is 6.72. The molecule has 1 aliphatic carbocycles. The first-order chi connectivity index (χ1) is 13.5. The van der Waals surface area contributed by atoms with E-state index in [-0.39, 0.29) is 23.4 Å². The van der Waals surface area contributed by atoms with Gasteiger partial charge in [0, 0.05) is 11.8 Å². The average Bonchev–Trinajstić information content (AvgIpc) is 2.73. The number of allylic oxidation sites excluding steroid dienone is 1. The molecule has 2 heteroatoms. The molecule has 1 fully saturated rings. The van der Waals surface area contributed by atoms with E-state index >= 15 is 0 Å². The van der Waals surface area contributed by atoms with E-state index in [9.17, 15) is 4.79 Å². The Morgan fingerprint density at radius 1 is 1.07 bits per heavy atom. The number of carbonyl (C=O) groups excluding carboxylic acids is 1. The maximum Gasteiger partial charge on any atom is 0.306 e. The smallest absolute Gasteiger partial charge is 0.306 e. The lowest BCUT2D eigenvalue weighted by Gasteiger charge is -2.34. The van der Waals surface area contributed by atoms with Gasteiger partial charge >= 0.3 is 5.97 Å². The van der Waals surface area contributed by atoms with Gasteiger partial charge < -0.3 is 4.74 Å². The van der Waals surface area contributed by atoms with Crippen molar-refractivity contribution in [1.82, 2.24) is 0 Å². The molecule has 0 unspecified atom stereocenters. The van der Waals surface area contributed by atoms with Gasteiger partial charge in [-0.1, -0.05) is 87.0 Å². The summed E-state index contributed by atoms with van der Waals surface area (Å²) in [6.45, 7) is 8.28. The standard InChI is InChI=1S/C26H32O2/c1-4-26(2,3)23(21-15-9-6-10-16-21)19-25(27)28-24-18-12-11-17-22(24)20-13-7-5-8-14-20/h4-10,13-16,22-24H,1,11-12,17-19H2,2-3H3/t22-,23-,24+/m0/s1. The molecule has 2 aromatic rings. The first kappa shape index (κ1) is 20.4. The van der Waals surface area contributed by atoms with Crippen LogP contribution >= 0.6 is 0 Å². The minimum absolute atomic E-state index is 0.0214. The van der Waals surface area contributed by atoms with Gasteiger partial charge in [0.1, 0.15) is 6.10 Å². The van der Waals surface area contributed by atoms with Crippen molar-refractivity contribution in [3.63, 3.8) is 0 Å². The molecule has 1 saturated carbocycles. The summed E-state index contributed by atoms with van der Waals surface area (Å²) in [6.07, 6.45) is 6.67. The molecule has 2 nitrogen and oxygen atoms in total. The van der Waals surface area contributed by atoms with Gasteiger partial charge in [0.15, 0.2) is 0 Å². The largest absolute Gasteiger partial charge is 0.462 e. The molecule has 0 spiro atoms. The Balaban J connectivity index is 1.74. The average molecular weight is 377 g/mol. The maximum atomic E-state index is 13.0. The highest BCUT2D eigenvalue weighted by atomic mass is 16.5. The van der Waals surface area contributed by atoms with Crippen molar-refractivity contribution in [1.29, 1.82) is 0 Å². The topological polar surface area (TPSA) is 26.3 Å². The van der Waals surface area contributed by atoms with E-state index in [1.54, 1.807) is 0 Å². The molecule has 0 aliphatic heterocycles. The number of rotatable bonds is 7. The Hall–Kier alpha value is -2.35. The molecule has 0 N–H and O–H groups in total. The van der Waals surface area contributed by atoms with Crippen molar-refractivity contribution in [2.75, 3.05) is 0 Å². The van der Waals surface area contributed by atoms with Crippen LogP contribution in [-0.4, -0.2) is 12.1 Å². The Bertz CT molecular complexity index is 764. The summed E-state index contributed by atoms with van der Waals surface area (Å²) in [5.41, 5.74) is 2.25. The van der Waals surface area contributed by atoms with E-state index in [0.717, 1.165) is 24.8 Å². The van der Waals surface area contributed by atoms with Crippen LogP contribution < -0.4 is 0 Å². The van der Waals surface area contributed by atoms with Crippen LogP contribution in [0.25, 0.3) is 0 Å². The Labute approximate surface area is 169 Å². The van der Waals surface area contributed by atoms with Crippen LogP contribution in [0, 0.1) is 5.41 Å². The first-order valence-electron chi connectivity index (χ1n) is 10.4. The molecule has 0 bridgehead atoms. The summed E-state index contributed by atoms with van der Waals surface area (Å²) in [7, 11) is 0. The number of carbonyl (C=O) groups is 1. The summed E-state index contributed by atoms with van der Waals surface area (Å²) < 4.78 is 6.08. The van der Waals surface area contributed by atoms with Crippen LogP contribution in [0.2, 0.25) is 0 Å². The lowest BCUT2D eigenvalue weighted by Crippen LogP contribution is -2.31. The molecule has 0 aromatic heterocycles. The van der Waals surface area contributed by atoms with Crippen molar-refractivity contribution >= 4 is 5.97 Å². The van der Waals surface area contributed by atoms with Crippen molar-refractivity contribution in [3.8, 4) is 0 Å². The van der Waals surface area contributed by atoms with Crippen molar-refractivity contribution < 1.29 is 9.53 Å². The first-order valence-corrected chi connectivity index (χ1v) is 10.4. The van der Waals surface area contributed by atoms with Gasteiger partial charge in [0.25, 0.3) is 0 Å². The maximum absolute atomic E-state index is 13.0. The van der Waals surface area contributed by atoms with Crippen LogP contribution in [0.3, 0.4) is 0 Å². The third kappa shape index (κ3) is 4.92. The molecule has 0 saturated heterocycles. The van der Waals surface area contributed by atoms with E-state index in [2.05, 4.69) is 56.8 Å². The van der Waals surface area contributed by atoms with E-state index in [4.69, 9.17) is 4.74 Å². The van der Waals surface area contributed by atoms with Crippen LogP contribution in [-0.2, 0) is 9.53 Å². The van der Waals surface area contributed by atoms with Crippen molar-refractivity contribution in [3.05, 3.63) is 84.4 Å². The lowest BCUT2D eigenvalue weighted by atomic mass is 9.73. The Morgan fingerprint density at radius 2 is 1.68 bits per heavy atom. The SMILES string of the molecule is C=CC(C)(C)[C@@H](CC(=O)O[C@@H]1CCCC[C@H]1c1ccccc1)c1ccccc1. The van der Waals surface area contributed by atoms with Crippen molar-refractivity contribution in [2.45, 2.75) is 63.9 Å². The molecule has 0 heterocycles. The van der Waals surface area contributed by atoms with Gasteiger partial charge in [-0.15, -0.1) is 6.58 Å². The predicted molar refractivity (Wildman–Crippen MR) is 115 cm³/mol. The zero-order valence-corrected chi connectivity index (χ0v) is 17.1. The second-order valence-corrected chi connectivity index (χ2v) is 8.52. The van der Waals surface area contributed by atoms with Gasteiger partial charge in [-0.2, -0.15) is 0 Å². The van der Waals surface area contributed by atoms with Crippen molar-refractivity contribution in [2.24, 2.45) is 5.41 Å². The fraction of sp³-hybridized carbons (Fsp3) is 0.423. The second kappa shape index (κ2) is 9.23. The van der Waals surface area contributed by atoms with Gasteiger partial charge in [-0.3, -0.25) is 4.79 Å². The van der Waals surface area contributed by atoms with Crippen LogP contribution in [0.5, 0.6) is 0 Å². The number of hydrogen-bond donors (Lipinski definition) is 0. The fourth-order valence-corrected chi connectivity index (χ4v) is 4.34. The minimum Gasteiger partial charge on any atom is -0.462 e. The highest BCUT2D eigenvalue weighted by molar-refractivity contribution is 5.71. The summed E-state index contributed by atoms with van der Waals surface area (Å²) in [6, 6.07) is 20.7. The van der Waals surface area contributed by atoms with Gasteiger partial charge in [-0.05, 0) is 35.8 Å². The summed E-state index contributed by atoms with van der Waals surface area (Å²) in [4.78, 5) is 13.0. The molecule has 3 rings (SSSR count). The molecule has 148 valence electrons. The number of esters is 1. The zero-order valence-electron chi connectivity index (χ0n) is 17.1. The molecule has 1 aliphatic rings. The van der Waals surface area contributed by atoms with Crippen LogP contribution in [0.1, 0.15) is 68.9 Å². The third-order valence-corrected chi connectivity index (χ3v) is 6.21. The third-order valence-electron chi connectivity index (χ3n) is 6.21. The summed E-state index contributed by atoms with van der Waals surface area (Å²) >= 11 is 0. The number of ether oxygens (including phenoxy) is 1. The van der Waals surface area contributed by atoms with Gasteiger partial charge in [0.2, 0.25) is 0 Å². The summed E-state index contributed by atoms with van der Waals surface area (Å²) in [5, 5.41) is 0. The van der Waals surface area contributed by atoms with E-state index in [0.29, 0.717) is 12.3 Å². The molecule has 0 amide bonds. The molecule has 3 atom stereocenters. The van der Waals surface area contributed by atoms with Crippen LogP contribution in [0.15, 0.2) is 73.3 Å². The highest BCUT2D eigenvalue weighted by Gasteiger charge is 2.34. The highest BCUT2D eigenvalue weighted by Crippen LogP contribution is 2.40. The van der Waals surface area contributed by atoms with E-state index in [1.807, 2.05) is 30.3 Å². The number of hydrogen-bond acceptors (Lipinski definition) is 2. The second-order valence-electron chi connectivity index (χ2n) is 8.52. The summed E-state index contributed by atoms with van der Waals surface area (Å²) in [5.74, 6) is 0.260. The quantitative estimate of drug-likeness (QED) is 0.400. The molecule has 28 heavy (non-hydrogen) atoms. The fourth-order valence-electron chi connectivity index (χ4n) is 4.34. The van der Waals surface area contributed by atoms with Gasteiger partial charge in [0.05, 0.1) is 6.42 Å². The van der Waals surface area contributed by atoms with E-state index < -0.39 is 0 Å². The van der Waals surface area contributed by atoms with E-state index in [1.165, 1.54) is 12.0 Å². The van der Waals surface area contributed by atoms with Crippen LogP contribution in [0.4, 0.5) is 0 Å². The van der Waals surface area contributed by atoms with Gasteiger partial charge in [-0.25, -0.2) is 0 Å². The zero-order chi connectivity index (χ0) is 20.0. The minimum atomic E-state index is -0.189. The lowest BCUT2D eigenvalue weighted by molar-refractivity contribution is -0.152.